The van der Waals surface area contributed by atoms with Crippen molar-refractivity contribution in [3.8, 4) is 5.75 Å². The van der Waals surface area contributed by atoms with Crippen molar-refractivity contribution < 1.29 is 24.6 Å². The van der Waals surface area contributed by atoms with Crippen LogP contribution >= 0.6 is 0 Å². The molecule has 2 aromatic carbocycles. The van der Waals surface area contributed by atoms with Gasteiger partial charge in [0.15, 0.2) is 0 Å². The molecular weight excluding hydrogens is 322 g/mol. The van der Waals surface area contributed by atoms with Crippen LogP contribution in [0.2, 0.25) is 0 Å². The summed E-state index contributed by atoms with van der Waals surface area (Å²) in [6.07, 6.45) is 0. The number of aromatic carboxylic acids is 1. The number of carboxylic acid groups (broad SMARTS) is 1. The van der Waals surface area contributed by atoms with Gasteiger partial charge in [0.25, 0.3) is 11.8 Å². The molecule has 1 aliphatic rings. The maximum atomic E-state index is 12.7. The first-order valence-electron chi connectivity index (χ1n) is 7.71. The van der Waals surface area contributed by atoms with Crippen molar-refractivity contribution in [2.24, 2.45) is 0 Å². The number of fused-ring (bicyclic) bond motifs is 1. The minimum atomic E-state index is -1.29. The number of hydrogen-bond acceptors (Lipinski definition) is 4. The Balaban J connectivity index is 2.06. The lowest BCUT2D eigenvalue weighted by atomic mass is 9.85. The fraction of sp³-hybridized carbons (Fsp3) is 0.211. The van der Waals surface area contributed by atoms with E-state index in [1.165, 1.54) is 6.07 Å². The van der Waals surface area contributed by atoms with Crippen molar-refractivity contribution in [1.29, 1.82) is 0 Å². The van der Waals surface area contributed by atoms with Gasteiger partial charge in [-0.25, -0.2) is 9.69 Å². The van der Waals surface area contributed by atoms with Gasteiger partial charge in [-0.3, -0.25) is 9.59 Å². The predicted octanol–water partition coefficient (Wildman–Crippen LogP) is 3.19. The summed E-state index contributed by atoms with van der Waals surface area (Å²) >= 11 is 0. The lowest BCUT2D eigenvalue weighted by molar-refractivity contribution is 0.0693. The van der Waals surface area contributed by atoms with E-state index in [-0.39, 0.29) is 16.7 Å². The minimum Gasteiger partial charge on any atom is -0.507 e. The Kier molecular flexibility index (Phi) is 3.64. The van der Waals surface area contributed by atoms with E-state index in [4.69, 9.17) is 5.11 Å². The summed E-state index contributed by atoms with van der Waals surface area (Å²) in [5.74, 6) is -2.78. The van der Waals surface area contributed by atoms with Crippen LogP contribution in [0, 0.1) is 0 Å². The molecule has 1 aliphatic heterocycles. The lowest BCUT2D eigenvalue weighted by Crippen LogP contribution is -2.29. The molecule has 0 fully saturated rings. The molecule has 0 saturated carbocycles. The molecule has 25 heavy (non-hydrogen) atoms. The number of nitrogens with zero attached hydrogens (tertiary/aromatic N) is 1. The van der Waals surface area contributed by atoms with Crippen LogP contribution in [0.5, 0.6) is 5.75 Å². The Morgan fingerprint density at radius 2 is 1.60 bits per heavy atom. The van der Waals surface area contributed by atoms with Gasteiger partial charge in [0, 0.05) is 6.07 Å². The Hall–Kier alpha value is -3.15. The molecule has 128 valence electrons. The van der Waals surface area contributed by atoms with Gasteiger partial charge < -0.3 is 10.2 Å². The van der Waals surface area contributed by atoms with E-state index in [1.807, 2.05) is 26.8 Å². The number of carboxylic acids is 1. The minimum absolute atomic E-state index is 0.131. The molecule has 6 heteroatoms. The molecule has 0 unspecified atom stereocenters. The molecule has 0 aliphatic carbocycles. The standard InChI is InChI=1S/C19H17NO5/c1-19(2,3)10-4-6-12-14(8-10)17(23)20(16(12)22)11-5-7-13(18(24)25)15(21)9-11/h4-9,21H,1-3H3,(H,24,25). The maximum absolute atomic E-state index is 12.7. The van der Waals surface area contributed by atoms with Crippen LogP contribution in [0.3, 0.4) is 0 Å². The highest BCUT2D eigenvalue weighted by molar-refractivity contribution is 6.34. The van der Waals surface area contributed by atoms with E-state index in [2.05, 4.69) is 0 Å². The van der Waals surface area contributed by atoms with E-state index in [1.54, 1.807) is 12.1 Å². The number of imide groups is 1. The second-order valence-corrected chi connectivity index (χ2v) is 6.96. The molecular formula is C19H17NO5. The molecule has 0 saturated heterocycles. The van der Waals surface area contributed by atoms with E-state index in [0.29, 0.717) is 11.1 Å². The number of aromatic hydroxyl groups is 1. The quantitative estimate of drug-likeness (QED) is 0.819. The van der Waals surface area contributed by atoms with Crippen LogP contribution in [0.25, 0.3) is 0 Å². The smallest absolute Gasteiger partial charge is 0.339 e. The molecule has 2 aromatic rings. The van der Waals surface area contributed by atoms with Crippen LogP contribution in [-0.2, 0) is 5.41 Å². The fourth-order valence-corrected chi connectivity index (χ4v) is 2.78. The zero-order valence-electron chi connectivity index (χ0n) is 14.0. The molecule has 0 aromatic heterocycles. The zero-order chi connectivity index (χ0) is 18.5. The number of phenols is 1. The van der Waals surface area contributed by atoms with Gasteiger partial charge in [-0.05, 0) is 35.2 Å². The molecule has 0 atom stereocenters. The van der Waals surface area contributed by atoms with E-state index >= 15 is 0 Å². The second-order valence-electron chi connectivity index (χ2n) is 6.96. The average Bonchev–Trinajstić information content (AvgIpc) is 2.77. The summed E-state index contributed by atoms with van der Waals surface area (Å²) in [7, 11) is 0. The van der Waals surface area contributed by atoms with Gasteiger partial charge in [0.05, 0.1) is 16.8 Å². The third-order valence-electron chi connectivity index (χ3n) is 4.22. The molecule has 2 N–H and O–H groups in total. The van der Waals surface area contributed by atoms with Crippen molar-refractivity contribution in [3.05, 3.63) is 58.7 Å². The van der Waals surface area contributed by atoms with Gasteiger partial charge in [-0.1, -0.05) is 26.8 Å². The number of anilines is 1. The van der Waals surface area contributed by atoms with E-state index in [9.17, 15) is 19.5 Å². The van der Waals surface area contributed by atoms with Crippen molar-refractivity contribution >= 4 is 23.5 Å². The summed E-state index contributed by atoms with van der Waals surface area (Å²) < 4.78 is 0. The summed E-state index contributed by atoms with van der Waals surface area (Å²) in [5.41, 5.74) is 1.19. The van der Waals surface area contributed by atoms with Crippen LogP contribution in [0.15, 0.2) is 36.4 Å². The van der Waals surface area contributed by atoms with Gasteiger partial charge in [-0.15, -0.1) is 0 Å². The average molecular weight is 339 g/mol. The highest BCUT2D eigenvalue weighted by atomic mass is 16.4. The third kappa shape index (κ3) is 2.65. The van der Waals surface area contributed by atoms with Crippen LogP contribution in [-0.4, -0.2) is 28.0 Å². The predicted molar refractivity (Wildman–Crippen MR) is 91.3 cm³/mol. The Labute approximate surface area is 144 Å². The number of rotatable bonds is 2. The Bertz CT molecular complexity index is 924. The second kappa shape index (κ2) is 5.44. The van der Waals surface area contributed by atoms with Crippen molar-refractivity contribution in [1.82, 2.24) is 0 Å². The summed E-state index contributed by atoms with van der Waals surface area (Å²) in [5, 5.41) is 18.8. The molecule has 3 rings (SSSR count). The SMILES string of the molecule is CC(C)(C)c1ccc2c(c1)C(=O)N(c1ccc(C(=O)O)c(O)c1)C2=O. The largest absolute Gasteiger partial charge is 0.507 e. The highest BCUT2D eigenvalue weighted by Crippen LogP contribution is 2.34. The molecule has 6 nitrogen and oxygen atoms in total. The van der Waals surface area contributed by atoms with Crippen molar-refractivity contribution in [2.45, 2.75) is 26.2 Å². The Morgan fingerprint density at radius 3 is 2.16 bits per heavy atom. The van der Waals surface area contributed by atoms with Gasteiger partial charge in [0.2, 0.25) is 0 Å². The number of benzene rings is 2. The number of carbonyl (C=O) groups is 3. The number of carbonyl (C=O) groups excluding carboxylic acids is 2. The summed E-state index contributed by atoms with van der Waals surface area (Å²) in [6, 6.07) is 8.75. The zero-order valence-corrected chi connectivity index (χ0v) is 14.0. The summed E-state index contributed by atoms with van der Waals surface area (Å²) in [6.45, 7) is 6.03. The van der Waals surface area contributed by atoms with E-state index < -0.39 is 23.5 Å². The fourth-order valence-electron chi connectivity index (χ4n) is 2.78. The molecule has 2 amide bonds. The topological polar surface area (TPSA) is 94.9 Å². The third-order valence-corrected chi connectivity index (χ3v) is 4.22. The molecule has 1 heterocycles. The molecule has 0 spiro atoms. The monoisotopic (exact) mass is 339 g/mol. The van der Waals surface area contributed by atoms with Gasteiger partial charge >= 0.3 is 5.97 Å². The Morgan fingerprint density at radius 1 is 0.960 bits per heavy atom. The molecule has 0 radical (unpaired) electrons. The number of amides is 2. The van der Waals surface area contributed by atoms with Gasteiger partial charge in [-0.2, -0.15) is 0 Å². The van der Waals surface area contributed by atoms with Gasteiger partial charge in [0.1, 0.15) is 11.3 Å². The van der Waals surface area contributed by atoms with Crippen LogP contribution < -0.4 is 4.90 Å². The summed E-state index contributed by atoms with van der Waals surface area (Å²) in [4.78, 5) is 37.3. The first-order chi connectivity index (χ1) is 11.6. The van der Waals surface area contributed by atoms with Crippen molar-refractivity contribution in [3.63, 3.8) is 0 Å². The lowest BCUT2D eigenvalue weighted by Gasteiger charge is -2.19. The normalized spacial score (nSPS) is 14.0. The maximum Gasteiger partial charge on any atom is 0.339 e. The van der Waals surface area contributed by atoms with Crippen molar-refractivity contribution in [2.75, 3.05) is 4.90 Å². The first kappa shape index (κ1) is 16.7. The molecule has 0 bridgehead atoms. The first-order valence-corrected chi connectivity index (χ1v) is 7.71. The highest BCUT2D eigenvalue weighted by Gasteiger charge is 2.37. The van der Waals surface area contributed by atoms with E-state index in [0.717, 1.165) is 22.6 Å². The van der Waals surface area contributed by atoms with Crippen LogP contribution in [0.1, 0.15) is 57.4 Å². The van der Waals surface area contributed by atoms with Crippen LogP contribution in [0.4, 0.5) is 5.69 Å². The number of hydrogen-bond donors (Lipinski definition) is 2.